The minimum absolute atomic E-state index is 0.672. The standard InChI is InChI=1S/C6H10N4/c1-5-3-4-6(8-7)10(2)9-5/h3-4H,7H2,1-2H3/b8-6+. The molecule has 0 unspecified atom stereocenters. The van der Waals surface area contributed by atoms with Crippen molar-refractivity contribution >= 4 is 0 Å². The molecule has 4 nitrogen and oxygen atoms in total. The number of nitrogens with two attached hydrogens (primary N) is 1. The first kappa shape index (κ1) is 6.80. The second-order valence-corrected chi connectivity index (χ2v) is 2.09. The summed E-state index contributed by atoms with van der Waals surface area (Å²) in [6.45, 7) is 1.92. The van der Waals surface area contributed by atoms with Gasteiger partial charge in [0, 0.05) is 7.05 Å². The molecule has 0 bridgehead atoms. The van der Waals surface area contributed by atoms with Gasteiger partial charge >= 0.3 is 0 Å². The van der Waals surface area contributed by atoms with Gasteiger partial charge in [0.05, 0.1) is 5.69 Å². The Balaban J connectivity index is 3.34. The summed E-state index contributed by atoms with van der Waals surface area (Å²) in [6, 6.07) is 3.69. The van der Waals surface area contributed by atoms with Crippen LogP contribution in [0.3, 0.4) is 0 Å². The fraction of sp³-hybridized carbons (Fsp3) is 0.333. The van der Waals surface area contributed by atoms with Crippen LogP contribution in [-0.4, -0.2) is 9.78 Å². The maximum absolute atomic E-state index is 5.06. The van der Waals surface area contributed by atoms with Crippen molar-refractivity contribution in [1.82, 2.24) is 9.78 Å². The first-order chi connectivity index (χ1) is 4.74. The lowest BCUT2D eigenvalue weighted by molar-refractivity contribution is 0.670. The highest BCUT2D eigenvalue weighted by atomic mass is 15.3. The summed E-state index contributed by atoms with van der Waals surface area (Å²) >= 11 is 0. The summed E-state index contributed by atoms with van der Waals surface area (Å²) in [7, 11) is 1.80. The van der Waals surface area contributed by atoms with Crippen molar-refractivity contribution in [3.05, 3.63) is 23.3 Å². The highest BCUT2D eigenvalue weighted by Crippen LogP contribution is 1.82. The SMILES string of the molecule is Cc1cc/c(=N\N)n(C)n1. The summed E-state index contributed by atoms with van der Waals surface area (Å²) in [5, 5.41) is 7.60. The number of aromatic nitrogens is 2. The zero-order chi connectivity index (χ0) is 7.56. The van der Waals surface area contributed by atoms with Crippen LogP contribution in [0.4, 0.5) is 0 Å². The van der Waals surface area contributed by atoms with Crippen molar-refractivity contribution in [1.29, 1.82) is 0 Å². The second kappa shape index (κ2) is 2.51. The zero-order valence-corrected chi connectivity index (χ0v) is 6.07. The van der Waals surface area contributed by atoms with E-state index in [1.165, 1.54) is 0 Å². The van der Waals surface area contributed by atoms with Crippen LogP contribution in [0.15, 0.2) is 17.2 Å². The maximum atomic E-state index is 5.06. The van der Waals surface area contributed by atoms with E-state index in [9.17, 15) is 0 Å². The smallest absolute Gasteiger partial charge is 0.168 e. The van der Waals surface area contributed by atoms with Gasteiger partial charge in [-0.1, -0.05) is 0 Å². The summed E-state index contributed by atoms with van der Waals surface area (Å²) in [4.78, 5) is 0. The number of nitrogens with zero attached hydrogens (tertiary/aromatic N) is 3. The molecule has 1 rings (SSSR count). The Kier molecular flexibility index (Phi) is 1.71. The molecule has 4 heteroatoms. The van der Waals surface area contributed by atoms with E-state index in [0.29, 0.717) is 5.49 Å². The van der Waals surface area contributed by atoms with Crippen LogP contribution in [0, 0.1) is 6.92 Å². The average Bonchev–Trinajstić information content (AvgIpc) is 1.88. The lowest BCUT2D eigenvalue weighted by Gasteiger charge is -1.97. The van der Waals surface area contributed by atoms with E-state index in [4.69, 9.17) is 5.84 Å². The maximum Gasteiger partial charge on any atom is 0.168 e. The van der Waals surface area contributed by atoms with Crippen LogP contribution >= 0.6 is 0 Å². The molecule has 0 fully saturated rings. The number of rotatable bonds is 0. The van der Waals surface area contributed by atoms with Crippen molar-refractivity contribution < 1.29 is 0 Å². The molecular weight excluding hydrogens is 128 g/mol. The van der Waals surface area contributed by atoms with E-state index in [0.717, 1.165) is 5.69 Å². The molecule has 0 aromatic carbocycles. The Labute approximate surface area is 59.0 Å². The van der Waals surface area contributed by atoms with Gasteiger partial charge in [-0.25, -0.2) is 4.68 Å². The second-order valence-electron chi connectivity index (χ2n) is 2.09. The quantitative estimate of drug-likeness (QED) is 0.388. The van der Waals surface area contributed by atoms with E-state index in [-0.39, 0.29) is 0 Å². The first-order valence-electron chi connectivity index (χ1n) is 2.99. The molecule has 0 atom stereocenters. The lowest BCUT2D eigenvalue weighted by atomic mass is 10.4. The van der Waals surface area contributed by atoms with Crippen molar-refractivity contribution in [3.63, 3.8) is 0 Å². The summed E-state index contributed by atoms with van der Waals surface area (Å²) in [5.41, 5.74) is 1.63. The summed E-state index contributed by atoms with van der Waals surface area (Å²) in [6.07, 6.45) is 0. The van der Waals surface area contributed by atoms with Crippen LogP contribution in [0.2, 0.25) is 0 Å². The Morgan fingerprint density at radius 1 is 1.60 bits per heavy atom. The molecule has 1 heterocycles. The number of aryl methyl sites for hydroxylation is 2. The molecule has 0 saturated heterocycles. The summed E-state index contributed by atoms with van der Waals surface area (Å²) < 4.78 is 1.63. The molecule has 54 valence electrons. The fourth-order valence-corrected chi connectivity index (χ4v) is 0.751. The monoisotopic (exact) mass is 138 g/mol. The van der Waals surface area contributed by atoms with E-state index >= 15 is 0 Å². The normalized spacial score (nSPS) is 12.0. The van der Waals surface area contributed by atoms with Crippen LogP contribution in [0.25, 0.3) is 0 Å². The van der Waals surface area contributed by atoms with Gasteiger partial charge in [-0.3, -0.25) is 0 Å². The molecule has 1 aromatic heterocycles. The van der Waals surface area contributed by atoms with E-state index in [1.54, 1.807) is 11.7 Å². The predicted molar refractivity (Wildman–Crippen MR) is 37.7 cm³/mol. The van der Waals surface area contributed by atoms with Gasteiger partial charge in [0.2, 0.25) is 0 Å². The van der Waals surface area contributed by atoms with Crippen molar-refractivity contribution in [2.24, 2.45) is 18.0 Å². The first-order valence-corrected chi connectivity index (χ1v) is 2.99. The third-order valence-corrected chi connectivity index (χ3v) is 1.25. The van der Waals surface area contributed by atoms with Crippen LogP contribution in [0.1, 0.15) is 5.69 Å². The topological polar surface area (TPSA) is 56.2 Å². The molecule has 10 heavy (non-hydrogen) atoms. The predicted octanol–water partition coefficient (Wildman–Crippen LogP) is -0.497. The van der Waals surface area contributed by atoms with Gasteiger partial charge in [0.15, 0.2) is 5.49 Å². The molecule has 0 saturated carbocycles. The Bertz CT molecular complexity index is 286. The van der Waals surface area contributed by atoms with Crippen LogP contribution in [-0.2, 0) is 7.05 Å². The van der Waals surface area contributed by atoms with E-state index in [2.05, 4.69) is 10.2 Å². The highest BCUT2D eigenvalue weighted by molar-refractivity contribution is 4.95. The zero-order valence-electron chi connectivity index (χ0n) is 6.07. The van der Waals surface area contributed by atoms with Crippen molar-refractivity contribution in [3.8, 4) is 0 Å². The van der Waals surface area contributed by atoms with Gasteiger partial charge in [-0.05, 0) is 19.1 Å². The number of hydrogen-bond donors (Lipinski definition) is 1. The minimum atomic E-state index is 0.672. The van der Waals surface area contributed by atoms with Crippen molar-refractivity contribution in [2.75, 3.05) is 0 Å². The highest BCUT2D eigenvalue weighted by Gasteiger charge is 1.86. The molecule has 1 aromatic rings. The van der Waals surface area contributed by atoms with E-state index < -0.39 is 0 Å². The molecule has 0 aliphatic rings. The van der Waals surface area contributed by atoms with Gasteiger partial charge in [0.25, 0.3) is 0 Å². The summed E-state index contributed by atoms with van der Waals surface area (Å²) in [5.74, 6) is 5.06. The van der Waals surface area contributed by atoms with E-state index in [1.807, 2.05) is 19.1 Å². The molecule has 0 aliphatic heterocycles. The van der Waals surface area contributed by atoms with Crippen molar-refractivity contribution in [2.45, 2.75) is 6.92 Å². The molecule has 0 spiro atoms. The van der Waals surface area contributed by atoms with Gasteiger partial charge < -0.3 is 5.84 Å². The molecule has 2 N–H and O–H groups in total. The molecule has 0 radical (unpaired) electrons. The fourth-order valence-electron chi connectivity index (χ4n) is 0.751. The molecule has 0 aliphatic carbocycles. The van der Waals surface area contributed by atoms with Gasteiger partial charge in [-0.2, -0.15) is 10.2 Å². The van der Waals surface area contributed by atoms with Gasteiger partial charge in [-0.15, -0.1) is 0 Å². The molecule has 0 amide bonds. The lowest BCUT2D eigenvalue weighted by Crippen LogP contribution is -2.21. The van der Waals surface area contributed by atoms with Crippen LogP contribution < -0.4 is 11.3 Å². The van der Waals surface area contributed by atoms with Gasteiger partial charge in [0.1, 0.15) is 0 Å². The average molecular weight is 138 g/mol. The van der Waals surface area contributed by atoms with Crippen LogP contribution in [0.5, 0.6) is 0 Å². The third-order valence-electron chi connectivity index (χ3n) is 1.25. The minimum Gasteiger partial charge on any atom is -0.321 e. The Morgan fingerprint density at radius 3 is 2.80 bits per heavy atom. The Morgan fingerprint density at radius 2 is 2.30 bits per heavy atom. The number of hydrogen-bond acceptors (Lipinski definition) is 3. The third kappa shape index (κ3) is 1.15. The molecular formula is C6H10N4. The largest absolute Gasteiger partial charge is 0.321 e. The Hall–Kier alpha value is -1.32.